The summed E-state index contributed by atoms with van der Waals surface area (Å²) in [5.74, 6) is -0.529. The Hall–Kier alpha value is -1.68. The lowest BCUT2D eigenvalue weighted by molar-refractivity contribution is 0.0599. The summed E-state index contributed by atoms with van der Waals surface area (Å²) in [6, 6.07) is 11.2. The number of aryl methyl sites for hydroxylation is 1. The third kappa shape index (κ3) is 6.06. The van der Waals surface area contributed by atoms with Gasteiger partial charge in [0.05, 0.1) is 18.4 Å². The maximum absolute atomic E-state index is 13.8. The van der Waals surface area contributed by atoms with Gasteiger partial charge in [-0.1, -0.05) is 37.8 Å². The summed E-state index contributed by atoms with van der Waals surface area (Å²) in [6.45, 7) is 6.99. The first-order valence-electron chi connectivity index (χ1n) is 11.1. The lowest BCUT2D eigenvalue weighted by atomic mass is 9.87. The zero-order chi connectivity index (χ0) is 24.2. The first-order chi connectivity index (χ1) is 15.6. The lowest BCUT2D eigenvalue weighted by Crippen LogP contribution is -2.36. The van der Waals surface area contributed by atoms with Crippen molar-refractivity contribution in [2.45, 2.75) is 56.3 Å². The first-order valence-corrected chi connectivity index (χ1v) is 17.1. The van der Waals surface area contributed by atoms with Gasteiger partial charge in [0.1, 0.15) is 11.6 Å². The largest absolute Gasteiger partial charge is 0.465 e. The van der Waals surface area contributed by atoms with Gasteiger partial charge in [0.15, 0.2) is 0 Å². The van der Waals surface area contributed by atoms with Crippen LogP contribution >= 0.6 is 15.9 Å². The summed E-state index contributed by atoms with van der Waals surface area (Å²) < 4.78 is 40.4. The van der Waals surface area contributed by atoms with Crippen molar-refractivity contribution in [2.75, 3.05) is 24.8 Å². The molecule has 3 rings (SSSR count). The molecule has 0 unspecified atom stereocenters. The Morgan fingerprint density at radius 3 is 2.45 bits per heavy atom. The highest BCUT2D eigenvalue weighted by Gasteiger charge is 2.33. The molecule has 1 aliphatic carbocycles. The second-order valence-electron chi connectivity index (χ2n) is 9.43. The number of methoxy groups -OCH3 is 1. The Morgan fingerprint density at radius 2 is 1.79 bits per heavy atom. The molecule has 0 bridgehead atoms. The monoisotopic (exact) mass is 553 g/mol. The maximum atomic E-state index is 13.8. The van der Waals surface area contributed by atoms with E-state index in [1.165, 1.54) is 11.4 Å². The van der Waals surface area contributed by atoms with E-state index in [-0.39, 0.29) is 11.6 Å². The average Bonchev–Trinajstić information content (AvgIpc) is 2.77. The van der Waals surface area contributed by atoms with Gasteiger partial charge in [0, 0.05) is 19.2 Å². The van der Waals surface area contributed by atoms with Gasteiger partial charge in [0.25, 0.3) is 10.0 Å². The summed E-state index contributed by atoms with van der Waals surface area (Å²) in [6.07, 6.45) is 3.58. The molecular weight excluding hydrogens is 522 g/mol. The van der Waals surface area contributed by atoms with Crippen LogP contribution in [0.4, 0.5) is 5.69 Å². The molecule has 0 radical (unpaired) electrons. The number of fused-ring (bicyclic) bond motifs is 1. The molecule has 0 N–H and O–H groups in total. The van der Waals surface area contributed by atoms with Crippen LogP contribution in [0, 0.1) is 0 Å². The fourth-order valence-electron chi connectivity index (χ4n) is 3.92. The number of ether oxygens (including phenoxy) is 2. The van der Waals surface area contributed by atoms with E-state index in [0.717, 1.165) is 36.4 Å². The van der Waals surface area contributed by atoms with E-state index >= 15 is 0 Å². The van der Waals surface area contributed by atoms with E-state index in [1.54, 1.807) is 30.3 Å². The number of carbonyl (C=O) groups excluding carboxylic acids is 1. The van der Waals surface area contributed by atoms with Crippen LogP contribution in [0.2, 0.25) is 25.7 Å². The van der Waals surface area contributed by atoms with Crippen molar-refractivity contribution in [1.29, 1.82) is 0 Å². The predicted molar refractivity (Wildman–Crippen MR) is 137 cm³/mol. The van der Waals surface area contributed by atoms with Crippen LogP contribution < -0.4 is 4.31 Å². The molecule has 0 fully saturated rings. The number of sulfonamides is 1. The molecule has 0 heterocycles. The van der Waals surface area contributed by atoms with E-state index in [2.05, 4.69) is 35.6 Å². The van der Waals surface area contributed by atoms with Crippen LogP contribution in [0.5, 0.6) is 0 Å². The number of benzene rings is 2. The van der Waals surface area contributed by atoms with Crippen LogP contribution in [-0.4, -0.2) is 42.9 Å². The molecule has 2 aromatic rings. The Labute approximate surface area is 206 Å². The highest BCUT2D eigenvalue weighted by Crippen LogP contribution is 2.36. The highest BCUT2D eigenvalue weighted by atomic mass is 79.9. The minimum Gasteiger partial charge on any atom is -0.465 e. The molecule has 6 nitrogen and oxygen atoms in total. The quantitative estimate of drug-likeness (QED) is 0.174. The van der Waals surface area contributed by atoms with Crippen molar-refractivity contribution >= 4 is 45.7 Å². The number of esters is 1. The lowest BCUT2D eigenvalue weighted by Gasteiger charge is -2.29. The van der Waals surface area contributed by atoms with E-state index in [9.17, 15) is 13.2 Å². The van der Waals surface area contributed by atoms with Crippen molar-refractivity contribution in [1.82, 2.24) is 0 Å². The fraction of sp³-hybridized carbons (Fsp3) is 0.458. The summed E-state index contributed by atoms with van der Waals surface area (Å²) in [5, 5.41) is 0. The minimum absolute atomic E-state index is 0.118. The van der Waals surface area contributed by atoms with Crippen molar-refractivity contribution < 1.29 is 22.7 Å². The first kappa shape index (κ1) is 25.9. The van der Waals surface area contributed by atoms with Gasteiger partial charge in [0.2, 0.25) is 0 Å². The number of nitrogens with zero attached hydrogens (tertiary/aromatic N) is 1. The Balaban J connectivity index is 2.11. The summed E-state index contributed by atoms with van der Waals surface area (Å²) in [7, 11) is -4.06. The summed E-state index contributed by atoms with van der Waals surface area (Å²) >= 11 is 3.37. The molecule has 0 aromatic heterocycles. The average molecular weight is 555 g/mol. The Morgan fingerprint density at radius 1 is 1.09 bits per heavy atom. The SMILES string of the molecule is COC(=O)c1c(N(COCC[Si](C)(C)C)S(=O)(=O)c2ccccc2Br)ccc2c1CCCC2. The van der Waals surface area contributed by atoms with Crippen molar-refractivity contribution in [3.05, 3.63) is 57.6 Å². The molecule has 180 valence electrons. The number of anilines is 1. The van der Waals surface area contributed by atoms with Gasteiger partial charge in [-0.3, -0.25) is 0 Å². The molecule has 0 saturated carbocycles. The smallest absolute Gasteiger partial charge is 0.340 e. The zero-order valence-corrected chi connectivity index (χ0v) is 23.1. The van der Waals surface area contributed by atoms with Crippen LogP contribution in [0.1, 0.15) is 34.3 Å². The minimum atomic E-state index is -4.03. The molecule has 0 atom stereocenters. The third-order valence-electron chi connectivity index (χ3n) is 5.78. The second kappa shape index (κ2) is 10.7. The van der Waals surface area contributed by atoms with Crippen LogP contribution in [0.15, 0.2) is 45.8 Å². The normalized spacial score (nSPS) is 14.0. The molecular formula is C24H32BrNO5SSi. The van der Waals surface area contributed by atoms with E-state index in [1.807, 2.05) is 6.07 Å². The van der Waals surface area contributed by atoms with Crippen LogP contribution in [-0.2, 0) is 32.3 Å². The van der Waals surface area contributed by atoms with Crippen LogP contribution in [0.3, 0.4) is 0 Å². The zero-order valence-electron chi connectivity index (χ0n) is 19.7. The fourth-order valence-corrected chi connectivity index (χ4v) is 7.00. The molecule has 33 heavy (non-hydrogen) atoms. The summed E-state index contributed by atoms with van der Waals surface area (Å²) in [5.41, 5.74) is 2.56. The van der Waals surface area contributed by atoms with Gasteiger partial charge < -0.3 is 9.47 Å². The van der Waals surface area contributed by atoms with Gasteiger partial charge in [-0.25, -0.2) is 17.5 Å². The van der Waals surface area contributed by atoms with E-state index in [0.29, 0.717) is 28.8 Å². The number of halogens is 1. The van der Waals surface area contributed by atoms with Gasteiger partial charge >= 0.3 is 5.97 Å². The second-order valence-corrected chi connectivity index (χ2v) is 17.7. The van der Waals surface area contributed by atoms with Gasteiger partial charge in [-0.2, -0.15) is 0 Å². The molecule has 9 heteroatoms. The van der Waals surface area contributed by atoms with Crippen molar-refractivity contribution in [3.8, 4) is 0 Å². The maximum Gasteiger partial charge on any atom is 0.340 e. The highest BCUT2D eigenvalue weighted by molar-refractivity contribution is 9.10. The molecule has 0 amide bonds. The third-order valence-corrected chi connectivity index (χ3v) is 10.2. The van der Waals surface area contributed by atoms with Crippen molar-refractivity contribution in [3.63, 3.8) is 0 Å². The summed E-state index contributed by atoms with van der Waals surface area (Å²) in [4.78, 5) is 13.0. The molecule has 0 aliphatic heterocycles. The van der Waals surface area contributed by atoms with E-state index in [4.69, 9.17) is 9.47 Å². The Bertz CT molecular complexity index is 1110. The molecule has 0 saturated heterocycles. The van der Waals surface area contributed by atoms with Gasteiger partial charge in [-0.15, -0.1) is 0 Å². The standard InChI is InChI=1S/C24H32BrNO5SSi/c1-30-24(27)23-19-10-6-5-9-18(19)13-14-21(23)26(17-31-15-16-33(2,3)4)32(28,29)22-12-8-7-11-20(22)25/h7-8,11-14H,5-6,9-10,15-17H2,1-4H3. The number of rotatable bonds is 9. The van der Waals surface area contributed by atoms with Crippen molar-refractivity contribution in [2.24, 2.45) is 0 Å². The predicted octanol–water partition coefficient (Wildman–Crippen LogP) is 5.62. The number of hydrogen-bond donors (Lipinski definition) is 0. The van der Waals surface area contributed by atoms with Gasteiger partial charge in [-0.05, 0) is 77.0 Å². The topological polar surface area (TPSA) is 72.9 Å². The number of hydrogen-bond acceptors (Lipinski definition) is 5. The molecule has 0 spiro atoms. The van der Waals surface area contributed by atoms with E-state index < -0.39 is 24.1 Å². The molecule has 2 aromatic carbocycles. The number of carbonyl (C=O) groups is 1. The Kier molecular flexibility index (Phi) is 8.42. The molecule has 1 aliphatic rings. The van der Waals surface area contributed by atoms with Crippen LogP contribution in [0.25, 0.3) is 0 Å².